The zero-order valence-electron chi connectivity index (χ0n) is 16.9. The van der Waals surface area contributed by atoms with Crippen LogP contribution in [0.4, 0.5) is 4.79 Å². The average molecular weight is 394 g/mol. The second kappa shape index (κ2) is 7.80. The third kappa shape index (κ3) is 4.14. The number of nitrogens with zero attached hydrogens (tertiary/aromatic N) is 3. The molecule has 0 N–H and O–H groups in total. The number of sulfonamides is 1. The Morgan fingerprint density at radius 3 is 1.89 bits per heavy atom. The number of urea groups is 1. The van der Waals surface area contributed by atoms with Crippen molar-refractivity contribution in [2.24, 2.45) is 5.92 Å². The molecule has 0 atom stereocenters. The molecule has 2 aliphatic heterocycles. The summed E-state index contributed by atoms with van der Waals surface area (Å²) in [6.45, 7) is 11.1. The Hall–Kier alpha value is -1.60. The maximum absolute atomic E-state index is 13.2. The highest BCUT2D eigenvalue weighted by Crippen LogP contribution is 2.26. The molecule has 27 heavy (non-hydrogen) atoms. The van der Waals surface area contributed by atoms with Gasteiger partial charge in [-0.25, -0.2) is 13.2 Å². The van der Waals surface area contributed by atoms with Crippen molar-refractivity contribution in [1.82, 2.24) is 14.1 Å². The summed E-state index contributed by atoms with van der Waals surface area (Å²) in [7, 11) is -3.54. The largest absolute Gasteiger partial charge is 0.325 e. The molecule has 150 valence electrons. The molecular formula is C20H31N3O3S. The minimum absolute atomic E-state index is 0.0571. The van der Waals surface area contributed by atoms with Gasteiger partial charge in [0, 0.05) is 39.3 Å². The van der Waals surface area contributed by atoms with E-state index in [1.807, 2.05) is 37.8 Å². The fraction of sp³-hybridized carbons (Fsp3) is 0.650. The number of carbonyl (C=O) groups is 1. The van der Waals surface area contributed by atoms with Crippen LogP contribution in [0.15, 0.2) is 17.0 Å². The van der Waals surface area contributed by atoms with E-state index in [1.165, 1.54) is 4.31 Å². The van der Waals surface area contributed by atoms with Crippen LogP contribution in [-0.4, -0.2) is 67.8 Å². The number of aryl methyl sites for hydroxylation is 3. The first kappa shape index (κ1) is 20.1. The highest BCUT2D eigenvalue weighted by molar-refractivity contribution is 7.89. The Labute approximate surface area is 163 Å². The number of piperidine rings is 1. The molecule has 2 saturated heterocycles. The van der Waals surface area contributed by atoms with Gasteiger partial charge in [-0.2, -0.15) is 4.31 Å². The zero-order chi connectivity index (χ0) is 19.8. The molecule has 7 heteroatoms. The van der Waals surface area contributed by atoms with Gasteiger partial charge in [0.05, 0.1) is 4.90 Å². The van der Waals surface area contributed by atoms with Crippen LogP contribution < -0.4 is 0 Å². The molecule has 0 aromatic heterocycles. The van der Waals surface area contributed by atoms with E-state index in [-0.39, 0.29) is 6.03 Å². The van der Waals surface area contributed by atoms with Crippen LogP contribution in [0.3, 0.4) is 0 Å². The van der Waals surface area contributed by atoms with Crippen molar-refractivity contribution in [3.05, 3.63) is 28.8 Å². The summed E-state index contributed by atoms with van der Waals surface area (Å²) in [6, 6.07) is 3.88. The minimum atomic E-state index is -3.54. The molecular weight excluding hydrogens is 362 g/mol. The Kier molecular flexibility index (Phi) is 5.82. The van der Waals surface area contributed by atoms with Crippen molar-refractivity contribution in [2.75, 3.05) is 39.3 Å². The number of carbonyl (C=O) groups excluding carboxylic acids is 1. The lowest BCUT2D eigenvalue weighted by molar-refractivity contribution is 0.119. The first-order chi connectivity index (χ1) is 12.7. The number of amides is 2. The van der Waals surface area contributed by atoms with Crippen molar-refractivity contribution < 1.29 is 13.2 Å². The Morgan fingerprint density at radius 2 is 1.37 bits per heavy atom. The van der Waals surface area contributed by atoms with E-state index >= 15 is 0 Å². The van der Waals surface area contributed by atoms with Crippen LogP contribution in [-0.2, 0) is 10.0 Å². The fourth-order valence-corrected chi connectivity index (χ4v) is 6.06. The Balaban J connectivity index is 1.67. The van der Waals surface area contributed by atoms with E-state index in [0.717, 1.165) is 42.6 Å². The van der Waals surface area contributed by atoms with Crippen molar-refractivity contribution in [3.63, 3.8) is 0 Å². The van der Waals surface area contributed by atoms with Crippen LogP contribution >= 0.6 is 0 Å². The normalized spacial score (nSPS) is 20.1. The van der Waals surface area contributed by atoms with Gasteiger partial charge in [0.1, 0.15) is 0 Å². The second-order valence-corrected chi connectivity index (χ2v) is 9.95. The molecule has 0 spiro atoms. The van der Waals surface area contributed by atoms with Crippen molar-refractivity contribution in [1.29, 1.82) is 0 Å². The van der Waals surface area contributed by atoms with Gasteiger partial charge in [-0.05, 0) is 50.7 Å². The van der Waals surface area contributed by atoms with E-state index in [9.17, 15) is 13.2 Å². The smallest absolute Gasteiger partial charge is 0.320 e. The number of rotatable bonds is 2. The third-order valence-corrected chi connectivity index (χ3v) is 7.97. The molecule has 1 aromatic rings. The van der Waals surface area contributed by atoms with E-state index in [0.29, 0.717) is 37.0 Å². The number of hydrogen-bond donors (Lipinski definition) is 0. The maximum Gasteiger partial charge on any atom is 0.320 e. The van der Waals surface area contributed by atoms with Crippen molar-refractivity contribution in [2.45, 2.75) is 45.4 Å². The number of piperazine rings is 1. The fourth-order valence-electron chi connectivity index (χ4n) is 4.22. The predicted molar refractivity (Wildman–Crippen MR) is 106 cm³/mol. The standard InChI is InChI=1S/C20H31N3O3S/c1-15-5-7-21(8-6-15)20(24)22-9-11-23(12-10-22)27(25,26)19-17(3)13-16(2)14-18(19)4/h13-15H,5-12H2,1-4H3. The predicted octanol–water partition coefficient (Wildman–Crippen LogP) is 2.77. The maximum atomic E-state index is 13.2. The van der Waals surface area contributed by atoms with Crippen LogP contribution in [0.5, 0.6) is 0 Å². The second-order valence-electron chi connectivity index (χ2n) is 8.07. The molecule has 2 amide bonds. The van der Waals surface area contributed by atoms with E-state index in [2.05, 4.69) is 6.92 Å². The first-order valence-corrected chi connectivity index (χ1v) is 11.3. The minimum Gasteiger partial charge on any atom is -0.325 e. The SMILES string of the molecule is Cc1cc(C)c(S(=O)(=O)N2CCN(C(=O)N3CCC(C)CC3)CC2)c(C)c1. The summed E-state index contributed by atoms with van der Waals surface area (Å²) in [5, 5.41) is 0. The van der Waals surface area contributed by atoms with Gasteiger partial charge in [-0.15, -0.1) is 0 Å². The van der Waals surface area contributed by atoms with E-state index in [1.54, 1.807) is 4.90 Å². The average Bonchev–Trinajstić information content (AvgIpc) is 2.61. The molecule has 0 unspecified atom stereocenters. The molecule has 6 nitrogen and oxygen atoms in total. The highest BCUT2D eigenvalue weighted by Gasteiger charge is 2.33. The summed E-state index contributed by atoms with van der Waals surface area (Å²) < 4.78 is 27.9. The molecule has 1 aromatic carbocycles. The highest BCUT2D eigenvalue weighted by atomic mass is 32.2. The van der Waals surface area contributed by atoms with Gasteiger partial charge in [0.2, 0.25) is 10.0 Å². The van der Waals surface area contributed by atoms with Gasteiger partial charge < -0.3 is 9.80 Å². The van der Waals surface area contributed by atoms with Crippen LogP contribution in [0, 0.1) is 26.7 Å². The van der Waals surface area contributed by atoms with Crippen LogP contribution in [0.1, 0.15) is 36.5 Å². The Morgan fingerprint density at radius 1 is 0.889 bits per heavy atom. The van der Waals surface area contributed by atoms with E-state index < -0.39 is 10.0 Å². The first-order valence-electron chi connectivity index (χ1n) is 9.82. The lowest BCUT2D eigenvalue weighted by Gasteiger charge is -2.39. The summed E-state index contributed by atoms with van der Waals surface area (Å²) in [5.41, 5.74) is 2.64. The van der Waals surface area contributed by atoms with E-state index in [4.69, 9.17) is 0 Å². The van der Waals surface area contributed by atoms with Crippen LogP contribution in [0.25, 0.3) is 0 Å². The molecule has 2 fully saturated rings. The summed E-state index contributed by atoms with van der Waals surface area (Å²) >= 11 is 0. The molecule has 3 rings (SSSR count). The molecule has 2 heterocycles. The summed E-state index contributed by atoms with van der Waals surface area (Å²) in [5.74, 6) is 0.678. The van der Waals surface area contributed by atoms with Crippen molar-refractivity contribution >= 4 is 16.1 Å². The molecule has 0 bridgehead atoms. The third-order valence-electron chi connectivity index (χ3n) is 5.77. The molecule has 2 aliphatic rings. The lowest BCUT2D eigenvalue weighted by Crippen LogP contribution is -2.55. The molecule has 0 aliphatic carbocycles. The van der Waals surface area contributed by atoms with Crippen LogP contribution in [0.2, 0.25) is 0 Å². The summed E-state index contributed by atoms with van der Waals surface area (Å²) in [4.78, 5) is 16.8. The topological polar surface area (TPSA) is 60.9 Å². The van der Waals surface area contributed by atoms with Crippen molar-refractivity contribution in [3.8, 4) is 0 Å². The Bertz CT molecular complexity index is 783. The zero-order valence-corrected chi connectivity index (χ0v) is 17.7. The van der Waals surface area contributed by atoms with Gasteiger partial charge >= 0.3 is 6.03 Å². The lowest BCUT2D eigenvalue weighted by atomic mass is 9.99. The molecule has 0 radical (unpaired) electrons. The quantitative estimate of drug-likeness (QED) is 0.776. The van der Waals surface area contributed by atoms with Gasteiger partial charge in [0.15, 0.2) is 0 Å². The number of likely N-dealkylation sites (tertiary alicyclic amines) is 1. The van der Waals surface area contributed by atoms with Gasteiger partial charge in [-0.3, -0.25) is 0 Å². The van der Waals surface area contributed by atoms with Gasteiger partial charge in [0.25, 0.3) is 0 Å². The monoisotopic (exact) mass is 393 g/mol. The number of benzene rings is 1. The molecule has 0 saturated carbocycles. The van der Waals surface area contributed by atoms with Gasteiger partial charge in [-0.1, -0.05) is 24.6 Å². The number of hydrogen-bond acceptors (Lipinski definition) is 3. The summed E-state index contributed by atoms with van der Waals surface area (Å²) in [6.07, 6.45) is 2.10.